The second kappa shape index (κ2) is 9.85. The first-order chi connectivity index (χ1) is 15.9. The number of rotatable bonds is 6. The molecule has 0 unspecified atom stereocenters. The lowest BCUT2D eigenvalue weighted by atomic mass is 10.2. The molecule has 0 atom stereocenters. The first kappa shape index (κ1) is 23.1. The van der Waals surface area contributed by atoms with Crippen LogP contribution in [0.1, 0.15) is 51.6 Å². The summed E-state index contributed by atoms with van der Waals surface area (Å²) in [6.07, 6.45) is 3.74. The van der Waals surface area contributed by atoms with Gasteiger partial charge in [-0.15, -0.1) is 0 Å². The van der Waals surface area contributed by atoms with Crippen LogP contribution in [0, 0.1) is 18.7 Å². The normalized spacial score (nSPS) is 14.8. The third-order valence-electron chi connectivity index (χ3n) is 6.16. The van der Waals surface area contributed by atoms with Gasteiger partial charge in [-0.05, 0) is 44.0 Å². The van der Waals surface area contributed by atoms with Crippen molar-refractivity contribution in [1.82, 2.24) is 24.6 Å². The number of carbonyl (C=O) groups excluding carboxylic acids is 1. The van der Waals surface area contributed by atoms with Gasteiger partial charge in [0.2, 0.25) is 5.91 Å². The van der Waals surface area contributed by atoms with Crippen molar-refractivity contribution in [1.29, 1.82) is 0 Å². The Bertz CT molecular complexity index is 1120. The lowest BCUT2D eigenvalue weighted by Crippen LogP contribution is -2.37. The number of amides is 1. The molecule has 4 rings (SSSR count). The zero-order valence-electron chi connectivity index (χ0n) is 20.0. The van der Waals surface area contributed by atoms with E-state index in [4.69, 9.17) is 15.1 Å². The molecule has 2 aromatic heterocycles. The first-order valence-corrected chi connectivity index (χ1v) is 11.9. The summed E-state index contributed by atoms with van der Waals surface area (Å²) in [5, 5.41) is 5.68. The molecule has 176 valence electrons. The summed E-state index contributed by atoms with van der Waals surface area (Å²) in [6.45, 7) is 11.0. The van der Waals surface area contributed by atoms with E-state index in [0.717, 1.165) is 79.4 Å². The van der Waals surface area contributed by atoms with Crippen molar-refractivity contribution < 1.29 is 9.18 Å². The van der Waals surface area contributed by atoms with Gasteiger partial charge in [-0.25, -0.2) is 19.0 Å². The predicted octanol–water partition coefficient (Wildman–Crippen LogP) is 4.30. The van der Waals surface area contributed by atoms with Crippen molar-refractivity contribution in [2.75, 3.05) is 31.1 Å². The third-order valence-corrected chi connectivity index (χ3v) is 6.16. The van der Waals surface area contributed by atoms with E-state index in [1.807, 2.05) is 25.7 Å². The smallest absolute Gasteiger partial charge is 0.225 e. The average Bonchev–Trinajstić information content (AvgIpc) is 2.98. The zero-order chi connectivity index (χ0) is 23.5. The Morgan fingerprint density at radius 2 is 1.85 bits per heavy atom. The van der Waals surface area contributed by atoms with E-state index >= 15 is 0 Å². The van der Waals surface area contributed by atoms with E-state index in [0.29, 0.717) is 6.54 Å². The van der Waals surface area contributed by atoms with Gasteiger partial charge >= 0.3 is 0 Å². The van der Waals surface area contributed by atoms with Crippen LogP contribution in [0.4, 0.5) is 10.2 Å². The highest BCUT2D eigenvalue weighted by Gasteiger charge is 2.25. The number of carbonyl (C=O) groups is 1. The molecule has 8 heteroatoms. The van der Waals surface area contributed by atoms with Crippen molar-refractivity contribution in [3.05, 3.63) is 41.6 Å². The molecule has 0 N–H and O–H groups in total. The fourth-order valence-electron chi connectivity index (χ4n) is 4.36. The van der Waals surface area contributed by atoms with Crippen LogP contribution in [0.2, 0.25) is 0 Å². The molecule has 7 nitrogen and oxygen atoms in total. The Morgan fingerprint density at radius 1 is 1.09 bits per heavy atom. The van der Waals surface area contributed by atoms with Crippen molar-refractivity contribution in [3.63, 3.8) is 0 Å². The molecule has 0 aliphatic carbocycles. The molecular formula is C25H33FN6O. The van der Waals surface area contributed by atoms with E-state index < -0.39 is 0 Å². The zero-order valence-corrected chi connectivity index (χ0v) is 20.0. The van der Waals surface area contributed by atoms with Gasteiger partial charge in [-0.2, -0.15) is 5.10 Å². The lowest BCUT2D eigenvalue weighted by Gasteiger charge is -2.24. The van der Waals surface area contributed by atoms with E-state index in [9.17, 15) is 9.18 Å². The van der Waals surface area contributed by atoms with Crippen LogP contribution in [0.5, 0.6) is 0 Å². The number of halogens is 1. The maximum atomic E-state index is 13.5. The second-order valence-corrected chi connectivity index (χ2v) is 9.06. The topological polar surface area (TPSA) is 67.2 Å². The second-order valence-electron chi connectivity index (χ2n) is 9.06. The molecule has 0 bridgehead atoms. The predicted molar refractivity (Wildman–Crippen MR) is 128 cm³/mol. The molecule has 1 fully saturated rings. The molecule has 3 aromatic rings. The van der Waals surface area contributed by atoms with Gasteiger partial charge < -0.3 is 9.80 Å². The van der Waals surface area contributed by atoms with Crippen LogP contribution in [-0.2, 0) is 11.2 Å². The van der Waals surface area contributed by atoms with Crippen molar-refractivity contribution in [2.24, 2.45) is 5.92 Å². The average molecular weight is 453 g/mol. The molecule has 1 amide bonds. The van der Waals surface area contributed by atoms with Crippen LogP contribution >= 0.6 is 0 Å². The molecule has 0 radical (unpaired) electrons. The summed E-state index contributed by atoms with van der Waals surface area (Å²) in [6, 6.07) is 6.31. The number of aryl methyl sites for hydroxylation is 2. The number of hydrogen-bond donors (Lipinski definition) is 0. The molecule has 1 aliphatic rings. The maximum absolute atomic E-state index is 13.5. The quantitative estimate of drug-likeness (QED) is 0.558. The molecule has 0 saturated carbocycles. The molecule has 1 saturated heterocycles. The Balaban J connectivity index is 1.77. The number of fused-ring (bicyclic) bond motifs is 1. The fourth-order valence-corrected chi connectivity index (χ4v) is 4.36. The van der Waals surface area contributed by atoms with Gasteiger partial charge in [-0.3, -0.25) is 4.79 Å². The summed E-state index contributed by atoms with van der Waals surface area (Å²) >= 11 is 0. The van der Waals surface area contributed by atoms with Crippen LogP contribution in [-0.4, -0.2) is 56.7 Å². The highest BCUT2D eigenvalue weighted by atomic mass is 19.1. The summed E-state index contributed by atoms with van der Waals surface area (Å²) < 4.78 is 15.3. The molecule has 1 aromatic carbocycles. The van der Waals surface area contributed by atoms with E-state index in [1.54, 1.807) is 16.8 Å². The number of unbranched alkanes of at least 4 members (excludes halogenated alkanes) is 1. The van der Waals surface area contributed by atoms with E-state index in [2.05, 4.69) is 11.8 Å². The Hall–Kier alpha value is -3.03. The number of anilines is 1. The van der Waals surface area contributed by atoms with Gasteiger partial charge in [0.05, 0.1) is 16.8 Å². The largest absolute Gasteiger partial charge is 0.354 e. The van der Waals surface area contributed by atoms with Gasteiger partial charge in [0.15, 0.2) is 5.65 Å². The third kappa shape index (κ3) is 4.84. The highest BCUT2D eigenvalue weighted by molar-refractivity contribution is 5.91. The number of hydrogen-bond acceptors (Lipinski definition) is 5. The minimum Gasteiger partial charge on any atom is -0.354 e. The van der Waals surface area contributed by atoms with Crippen molar-refractivity contribution >= 4 is 22.8 Å². The van der Waals surface area contributed by atoms with E-state index in [-0.39, 0.29) is 17.6 Å². The minimum atomic E-state index is -0.282. The summed E-state index contributed by atoms with van der Waals surface area (Å²) in [7, 11) is 0. The van der Waals surface area contributed by atoms with Crippen LogP contribution in [0.25, 0.3) is 16.7 Å². The Kier molecular flexibility index (Phi) is 6.91. The number of benzene rings is 1. The highest BCUT2D eigenvalue weighted by Crippen LogP contribution is 2.30. The SMILES string of the molecule is CCCCc1nc(N2CCCN(C(=O)C(C)C)CC2)c2c(C)nn(-c3ccc(F)cc3)c2n1. The van der Waals surface area contributed by atoms with Crippen LogP contribution in [0.15, 0.2) is 24.3 Å². The summed E-state index contributed by atoms with van der Waals surface area (Å²) in [5.74, 6) is 1.60. The standard InChI is InChI=1S/C25H33FN6O/c1-5-6-8-21-27-23(30-13-7-14-31(16-15-30)25(33)17(2)3)22-18(4)29-32(24(22)28-21)20-11-9-19(26)10-12-20/h9-12,17H,5-8,13-16H2,1-4H3. The minimum absolute atomic E-state index is 0.000797. The molecule has 0 spiro atoms. The maximum Gasteiger partial charge on any atom is 0.225 e. The van der Waals surface area contributed by atoms with Gasteiger partial charge in [-0.1, -0.05) is 27.2 Å². The van der Waals surface area contributed by atoms with Gasteiger partial charge in [0.25, 0.3) is 0 Å². The monoisotopic (exact) mass is 452 g/mol. The van der Waals surface area contributed by atoms with Gasteiger partial charge in [0, 0.05) is 38.5 Å². The Labute approximate surface area is 194 Å². The Morgan fingerprint density at radius 3 is 2.55 bits per heavy atom. The van der Waals surface area contributed by atoms with Crippen LogP contribution in [0.3, 0.4) is 0 Å². The number of aromatic nitrogens is 4. The summed E-state index contributed by atoms with van der Waals surface area (Å²) in [5.41, 5.74) is 2.35. The van der Waals surface area contributed by atoms with Gasteiger partial charge in [0.1, 0.15) is 17.5 Å². The summed E-state index contributed by atoms with van der Waals surface area (Å²) in [4.78, 5) is 26.7. The van der Waals surface area contributed by atoms with Crippen molar-refractivity contribution in [2.45, 2.75) is 53.4 Å². The lowest BCUT2D eigenvalue weighted by molar-refractivity contribution is -0.134. The molecule has 1 aliphatic heterocycles. The van der Waals surface area contributed by atoms with Crippen LogP contribution < -0.4 is 4.90 Å². The van der Waals surface area contributed by atoms with Crippen molar-refractivity contribution in [3.8, 4) is 5.69 Å². The molecule has 3 heterocycles. The fraction of sp³-hybridized carbons (Fsp3) is 0.520. The number of nitrogens with zero attached hydrogens (tertiary/aromatic N) is 6. The van der Waals surface area contributed by atoms with E-state index in [1.165, 1.54) is 12.1 Å². The molecular weight excluding hydrogens is 419 g/mol. The molecule has 33 heavy (non-hydrogen) atoms. The first-order valence-electron chi connectivity index (χ1n) is 11.9.